The molecule has 0 radical (unpaired) electrons. The molecule has 0 spiro atoms. The second-order valence-electron chi connectivity index (χ2n) is 6.15. The first kappa shape index (κ1) is 19.9. The molecule has 0 aliphatic heterocycles. The van der Waals surface area contributed by atoms with E-state index in [1.165, 1.54) is 24.3 Å². The standard InChI is InChI=1S/C19H15BrClNO4S/c1-2-26-18(23)19(11-22)16(12-3-5-13(20)6-4-12)17(19)27(24,25)15-9-7-14(21)8-10-15/h3-10,16-17H,2H2,1H3/t16-,17-,19-/m1/s1. The molecule has 27 heavy (non-hydrogen) atoms. The number of ether oxygens (including phenoxy) is 1. The number of carbonyl (C=O) groups excluding carboxylic acids is 1. The normalized spacial score (nSPS) is 24.1. The highest BCUT2D eigenvalue weighted by atomic mass is 79.9. The molecule has 5 nitrogen and oxygen atoms in total. The second-order valence-corrected chi connectivity index (χ2v) is 9.57. The third-order valence-electron chi connectivity index (χ3n) is 4.64. The van der Waals surface area contributed by atoms with E-state index >= 15 is 0 Å². The number of nitriles is 1. The molecule has 1 aliphatic rings. The van der Waals surface area contributed by atoms with E-state index < -0.39 is 32.4 Å². The Morgan fingerprint density at radius 2 is 1.81 bits per heavy atom. The van der Waals surface area contributed by atoms with Gasteiger partial charge in [-0.25, -0.2) is 8.42 Å². The van der Waals surface area contributed by atoms with Gasteiger partial charge in [0.15, 0.2) is 15.3 Å². The van der Waals surface area contributed by atoms with Crippen molar-refractivity contribution in [3.63, 3.8) is 0 Å². The van der Waals surface area contributed by atoms with Gasteiger partial charge in [0, 0.05) is 15.4 Å². The Balaban J connectivity index is 2.12. The average Bonchev–Trinajstić information content (AvgIpc) is 3.34. The summed E-state index contributed by atoms with van der Waals surface area (Å²) in [7, 11) is -3.97. The fourth-order valence-corrected chi connectivity index (χ4v) is 5.97. The summed E-state index contributed by atoms with van der Waals surface area (Å²) in [6, 6.07) is 14.5. The summed E-state index contributed by atoms with van der Waals surface area (Å²) in [6.45, 7) is 1.67. The molecule has 3 atom stereocenters. The van der Waals surface area contributed by atoms with Gasteiger partial charge in [0.25, 0.3) is 0 Å². The molecule has 1 saturated carbocycles. The van der Waals surface area contributed by atoms with Gasteiger partial charge < -0.3 is 4.74 Å². The van der Waals surface area contributed by atoms with Crippen molar-refractivity contribution in [1.82, 2.24) is 0 Å². The second kappa shape index (κ2) is 7.27. The summed E-state index contributed by atoms with van der Waals surface area (Å²) in [5.74, 6) is -1.63. The Bertz CT molecular complexity index is 1020. The molecular formula is C19H15BrClNO4S. The van der Waals surface area contributed by atoms with Gasteiger partial charge in [-0.3, -0.25) is 4.79 Å². The van der Waals surface area contributed by atoms with Crippen molar-refractivity contribution in [1.29, 1.82) is 5.26 Å². The zero-order valence-electron chi connectivity index (χ0n) is 14.2. The minimum Gasteiger partial charge on any atom is -0.465 e. The molecule has 0 amide bonds. The Kier molecular flexibility index (Phi) is 5.35. The highest BCUT2D eigenvalue weighted by Gasteiger charge is 2.77. The van der Waals surface area contributed by atoms with Gasteiger partial charge in [-0.1, -0.05) is 39.7 Å². The van der Waals surface area contributed by atoms with E-state index in [-0.39, 0.29) is 11.5 Å². The van der Waals surface area contributed by atoms with Crippen LogP contribution in [0.25, 0.3) is 0 Å². The Labute approximate surface area is 171 Å². The van der Waals surface area contributed by atoms with Crippen molar-refractivity contribution < 1.29 is 17.9 Å². The lowest BCUT2D eigenvalue weighted by molar-refractivity contribution is -0.147. The van der Waals surface area contributed by atoms with Gasteiger partial charge in [-0.05, 0) is 48.9 Å². The summed E-state index contributed by atoms with van der Waals surface area (Å²) in [5.41, 5.74) is -1.18. The van der Waals surface area contributed by atoms with Crippen molar-refractivity contribution >= 4 is 43.3 Å². The quantitative estimate of drug-likeness (QED) is 0.616. The van der Waals surface area contributed by atoms with Crippen molar-refractivity contribution in [3.05, 3.63) is 63.6 Å². The molecular weight excluding hydrogens is 454 g/mol. The first-order chi connectivity index (χ1) is 12.8. The summed E-state index contributed by atoms with van der Waals surface area (Å²) in [6.07, 6.45) is 0. The molecule has 0 saturated heterocycles. The van der Waals surface area contributed by atoms with Crippen molar-refractivity contribution in [2.45, 2.75) is 23.0 Å². The number of esters is 1. The fourth-order valence-electron chi connectivity index (χ4n) is 3.33. The van der Waals surface area contributed by atoms with E-state index in [1.54, 1.807) is 31.2 Å². The molecule has 0 heterocycles. The number of carbonyl (C=O) groups is 1. The summed E-state index contributed by atoms with van der Waals surface area (Å²) >= 11 is 9.17. The van der Waals surface area contributed by atoms with Gasteiger partial charge in [-0.15, -0.1) is 0 Å². The van der Waals surface area contributed by atoms with Crippen molar-refractivity contribution in [3.8, 4) is 6.07 Å². The average molecular weight is 469 g/mol. The molecule has 0 aromatic heterocycles. The van der Waals surface area contributed by atoms with Gasteiger partial charge in [-0.2, -0.15) is 5.26 Å². The van der Waals surface area contributed by atoms with Crippen LogP contribution in [0.5, 0.6) is 0 Å². The smallest absolute Gasteiger partial charge is 0.328 e. The van der Waals surface area contributed by atoms with Crippen LogP contribution in [-0.4, -0.2) is 26.2 Å². The van der Waals surface area contributed by atoms with Gasteiger partial charge >= 0.3 is 5.97 Å². The lowest BCUT2D eigenvalue weighted by Crippen LogP contribution is -2.25. The number of nitrogens with zero attached hydrogens (tertiary/aromatic N) is 1. The third-order valence-corrected chi connectivity index (χ3v) is 7.66. The SMILES string of the molecule is CCOC(=O)[C@]1(C#N)[C@H](c2ccc(Br)cc2)[C@H]1S(=O)(=O)c1ccc(Cl)cc1. The van der Waals surface area contributed by atoms with Gasteiger partial charge in [0.2, 0.25) is 0 Å². The number of halogens is 2. The topological polar surface area (TPSA) is 84.2 Å². The molecule has 140 valence electrons. The van der Waals surface area contributed by atoms with Crippen LogP contribution >= 0.6 is 27.5 Å². The molecule has 2 aromatic carbocycles. The van der Waals surface area contributed by atoms with Crippen LogP contribution in [0.15, 0.2) is 57.9 Å². The number of hydrogen-bond acceptors (Lipinski definition) is 5. The van der Waals surface area contributed by atoms with Crippen LogP contribution in [0.4, 0.5) is 0 Å². The monoisotopic (exact) mass is 467 g/mol. The predicted molar refractivity (Wildman–Crippen MR) is 104 cm³/mol. The van der Waals surface area contributed by atoms with E-state index in [0.29, 0.717) is 10.6 Å². The largest absolute Gasteiger partial charge is 0.465 e. The highest BCUT2D eigenvalue weighted by molar-refractivity contribution is 9.10. The molecule has 1 fully saturated rings. The van der Waals surface area contributed by atoms with E-state index in [1.807, 2.05) is 6.07 Å². The Hall–Kier alpha value is -1.88. The minimum atomic E-state index is -3.97. The van der Waals surface area contributed by atoms with Crippen LogP contribution in [0.2, 0.25) is 5.02 Å². The minimum absolute atomic E-state index is 0.0143. The van der Waals surface area contributed by atoms with Crippen LogP contribution in [0.3, 0.4) is 0 Å². The predicted octanol–water partition coefficient (Wildman–Crippen LogP) is 4.12. The van der Waals surface area contributed by atoms with Crippen LogP contribution in [0, 0.1) is 16.7 Å². The Morgan fingerprint density at radius 1 is 1.22 bits per heavy atom. The zero-order valence-corrected chi connectivity index (χ0v) is 17.4. The number of benzene rings is 2. The molecule has 0 N–H and O–H groups in total. The zero-order chi connectivity index (χ0) is 19.8. The molecule has 0 bridgehead atoms. The molecule has 1 aliphatic carbocycles. The van der Waals surface area contributed by atoms with Crippen molar-refractivity contribution in [2.24, 2.45) is 5.41 Å². The summed E-state index contributed by atoms with van der Waals surface area (Å²) in [4.78, 5) is 12.6. The van der Waals surface area contributed by atoms with Crippen LogP contribution in [-0.2, 0) is 19.4 Å². The summed E-state index contributed by atoms with van der Waals surface area (Å²) < 4.78 is 32.3. The fraction of sp³-hybridized carbons (Fsp3) is 0.263. The maximum absolute atomic E-state index is 13.2. The first-order valence-electron chi connectivity index (χ1n) is 8.12. The molecule has 0 unspecified atom stereocenters. The number of hydrogen-bond donors (Lipinski definition) is 0. The maximum atomic E-state index is 13.2. The lowest BCUT2D eigenvalue weighted by atomic mass is 10.0. The van der Waals surface area contributed by atoms with Crippen molar-refractivity contribution in [2.75, 3.05) is 6.61 Å². The molecule has 8 heteroatoms. The Morgan fingerprint density at radius 3 is 2.33 bits per heavy atom. The lowest BCUT2D eigenvalue weighted by Gasteiger charge is -2.09. The number of sulfone groups is 1. The van der Waals surface area contributed by atoms with E-state index in [0.717, 1.165) is 4.47 Å². The third kappa shape index (κ3) is 3.27. The highest BCUT2D eigenvalue weighted by Crippen LogP contribution is 2.64. The summed E-state index contributed by atoms with van der Waals surface area (Å²) in [5, 5.41) is 8.99. The maximum Gasteiger partial charge on any atom is 0.328 e. The van der Waals surface area contributed by atoms with Crippen LogP contribution < -0.4 is 0 Å². The first-order valence-corrected chi connectivity index (χ1v) is 10.8. The van der Waals surface area contributed by atoms with Gasteiger partial charge in [0.05, 0.1) is 17.6 Å². The molecule has 2 aromatic rings. The van der Waals surface area contributed by atoms with E-state index in [2.05, 4.69) is 15.9 Å². The van der Waals surface area contributed by atoms with Gasteiger partial charge in [0.1, 0.15) is 5.25 Å². The van der Waals surface area contributed by atoms with E-state index in [9.17, 15) is 18.5 Å². The number of rotatable bonds is 5. The van der Waals surface area contributed by atoms with E-state index in [4.69, 9.17) is 16.3 Å². The molecule has 3 rings (SSSR count). The van der Waals surface area contributed by atoms with Crippen LogP contribution in [0.1, 0.15) is 18.4 Å².